The van der Waals surface area contributed by atoms with Gasteiger partial charge < -0.3 is 15.8 Å². The minimum atomic E-state index is -0.661. The second-order valence-corrected chi connectivity index (χ2v) is 3.44. The summed E-state index contributed by atoms with van der Waals surface area (Å²) in [5.41, 5.74) is 6.16. The number of nitrogens with two attached hydrogens (primary N) is 1. The van der Waals surface area contributed by atoms with E-state index in [1.54, 1.807) is 6.92 Å². The number of thiocarbonyl (C=S) groups is 1. The summed E-state index contributed by atoms with van der Waals surface area (Å²) in [4.78, 5) is 11.0. The summed E-state index contributed by atoms with van der Waals surface area (Å²) in [5.74, 6) is -0.447. The van der Waals surface area contributed by atoms with Crippen molar-refractivity contribution in [1.82, 2.24) is 5.32 Å². The lowest BCUT2D eigenvalue weighted by Crippen LogP contribution is -2.34. The Bertz CT molecular complexity index is 440. The summed E-state index contributed by atoms with van der Waals surface area (Å²) in [6.45, 7) is 1.92. The molecule has 17 heavy (non-hydrogen) atoms. The van der Waals surface area contributed by atoms with Gasteiger partial charge in [-0.3, -0.25) is 5.32 Å². The van der Waals surface area contributed by atoms with Crippen molar-refractivity contribution in [3.05, 3.63) is 24.0 Å². The Balaban J connectivity index is 2.59. The molecule has 1 amide bonds. The van der Waals surface area contributed by atoms with Gasteiger partial charge in [0, 0.05) is 0 Å². The fourth-order valence-electron chi connectivity index (χ4n) is 1.06. The van der Waals surface area contributed by atoms with Gasteiger partial charge in [-0.15, -0.1) is 0 Å². The van der Waals surface area contributed by atoms with Crippen molar-refractivity contribution in [2.24, 2.45) is 0 Å². The van der Waals surface area contributed by atoms with Crippen LogP contribution in [0.25, 0.3) is 0 Å². The van der Waals surface area contributed by atoms with Crippen LogP contribution in [-0.2, 0) is 4.74 Å². The number of anilines is 2. The zero-order valence-corrected chi connectivity index (χ0v) is 9.94. The highest BCUT2D eigenvalue weighted by atomic mass is 32.1. The molecule has 5 nitrogen and oxygen atoms in total. The molecule has 7 heteroatoms. The molecule has 1 aromatic rings. The summed E-state index contributed by atoms with van der Waals surface area (Å²) in [6, 6.07) is 3.80. The lowest BCUT2D eigenvalue weighted by atomic mass is 10.2. The highest BCUT2D eigenvalue weighted by molar-refractivity contribution is 7.80. The van der Waals surface area contributed by atoms with Gasteiger partial charge in [-0.2, -0.15) is 0 Å². The molecule has 1 aromatic carbocycles. The molecule has 0 saturated heterocycles. The summed E-state index contributed by atoms with van der Waals surface area (Å²) in [6.07, 6.45) is -0.661. The lowest BCUT2D eigenvalue weighted by molar-refractivity contribution is 0.158. The third kappa shape index (κ3) is 4.23. The van der Waals surface area contributed by atoms with Crippen molar-refractivity contribution in [3.63, 3.8) is 0 Å². The van der Waals surface area contributed by atoms with Crippen LogP contribution in [0.3, 0.4) is 0 Å². The largest absolute Gasteiger partial charge is 0.450 e. The number of nitrogen functional groups attached to an aromatic ring is 1. The number of nitrogens with one attached hydrogen (secondary N) is 2. The molecule has 0 fully saturated rings. The molecule has 0 heterocycles. The molecule has 0 aliphatic carbocycles. The average Bonchev–Trinajstić information content (AvgIpc) is 2.22. The Morgan fingerprint density at radius 1 is 1.59 bits per heavy atom. The van der Waals surface area contributed by atoms with Gasteiger partial charge in [-0.25, -0.2) is 9.18 Å². The Kier molecular flexibility index (Phi) is 4.65. The number of rotatable bonds is 2. The molecule has 1 rings (SSSR count). The summed E-state index contributed by atoms with van der Waals surface area (Å²) >= 11 is 4.85. The number of alkyl carbamates (subject to hydrolysis) is 1. The van der Waals surface area contributed by atoms with Gasteiger partial charge in [0.25, 0.3) is 0 Å². The Hall–Kier alpha value is -1.89. The van der Waals surface area contributed by atoms with E-state index in [2.05, 4.69) is 15.4 Å². The van der Waals surface area contributed by atoms with E-state index in [-0.39, 0.29) is 17.4 Å². The average molecular weight is 257 g/mol. The van der Waals surface area contributed by atoms with Gasteiger partial charge >= 0.3 is 6.09 Å². The van der Waals surface area contributed by atoms with Crippen LogP contribution in [0.2, 0.25) is 0 Å². The van der Waals surface area contributed by atoms with Crippen LogP contribution in [0.1, 0.15) is 6.92 Å². The lowest BCUT2D eigenvalue weighted by Gasteiger charge is -2.11. The minimum Gasteiger partial charge on any atom is -0.450 e. The molecule has 0 aromatic heterocycles. The first kappa shape index (κ1) is 13.2. The minimum absolute atomic E-state index is 0.0294. The molecule has 0 unspecified atom stereocenters. The molecule has 0 bridgehead atoms. The van der Waals surface area contributed by atoms with E-state index < -0.39 is 11.9 Å². The number of amides is 1. The van der Waals surface area contributed by atoms with E-state index >= 15 is 0 Å². The van der Waals surface area contributed by atoms with Crippen molar-refractivity contribution >= 4 is 34.8 Å². The highest BCUT2D eigenvalue weighted by Gasteiger charge is 2.06. The molecule has 4 N–H and O–H groups in total. The second kappa shape index (κ2) is 6.00. The van der Waals surface area contributed by atoms with Crippen LogP contribution >= 0.6 is 12.2 Å². The van der Waals surface area contributed by atoms with Gasteiger partial charge in [0.05, 0.1) is 18.0 Å². The third-order valence-corrected chi connectivity index (χ3v) is 1.96. The summed E-state index contributed by atoms with van der Waals surface area (Å²) in [7, 11) is 0. The van der Waals surface area contributed by atoms with Gasteiger partial charge in [-0.05, 0) is 37.3 Å². The molecule has 0 aliphatic rings. The normalized spacial score (nSPS) is 9.53. The fourth-order valence-corrected chi connectivity index (χ4v) is 1.25. The fraction of sp³-hybridized carbons (Fsp3) is 0.200. The zero-order chi connectivity index (χ0) is 12.8. The van der Waals surface area contributed by atoms with Crippen molar-refractivity contribution in [2.75, 3.05) is 17.7 Å². The number of hydrogen-bond donors (Lipinski definition) is 3. The van der Waals surface area contributed by atoms with Crippen LogP contribution in [0, 0.1) is 5.82 Å². The van der Waals surface area contributed by atoms with Crippen LogP contribution < -0.4 is 16.4 Å². The van der Waals surface area contributed by atoms with Crippen molar-refractivity contribution in [2.45, 2.75) is 6.92 Å². The Labute approximate surface area is 103 Å². The number of halogens is 1. The smallest absolute Gasteiger partial charge is 0.413 e. The van der Waals surface area contributed by atoms with Crippen molar-refractivity contribution in [1.29, 1.82) is 0 Å². The molecule has 0 spiro atoms. The number of benzene rings is 1. The van der Waals surface area contributed by atoms with Crippen LogP contribution in [0.4, 0.5) is 20.6 Å². The number of carbonyl (C=O) groups is 1. The van der Waals surface area contributed by atoms with E-state index in [4.69, 9.17) is 18.0 Å². The van der Waals surface area contributed by atoms with E-state index in [0.29, 0.717) is 5.69 Å². The molecule has 0 radical (unpaired) electrons. The Morgan fingerprint density at radius 2 is 2.29 bits per heavy atom. The van der Waals surface area contributed by atoms with Gasteiger partial charge in [0.1, 0.15) is 5.82 Å². The monoisotopic (exact) mass is 257 g/mol. The first-order valence-electron chi connectivity index (χ1n) is 4.82. The molecule has 0 saturated carbocycles. The maximum Gasteiger partial charge on any atom is 0.413 e. The van der Waals surface area contributed by atoms with Gasteiger partial charge in [0.2, 0.25) is 0 Å². The quantitative estimate of drug-likeness (QED) is 0.557. The van der Waals surface area contributed by atoms with E-state index in [0.717, 1.165) is 6.07 Å². The summed E-state index contributed by atoms with van der Waals surface area (Å²) in [5, 5.41) is 4.96. The van der Waals surface area contributed by atoms with Crippen LogP contribution in [0.5, 0.6) is 0 Å². The molecule has 0 aliphatic heterocycles. The first-order valence-corrected chi connectivity index (χ1v) is 5.23. The third-order valence-electron chi connectivity index (χ3n) is 1.75. The van der Waals surface area contributed by atoms with Crippen molar-refractivity contribution in [3.8, 4) is 0 Å². The van der Waals surface area contributed by atoms with Crippen LogP contribution in [-0.4, -0.2) is 17.8 Å². The highest BCUT2D eigenvalue weighted by Crippen LogP contribution is 2.18. The predicted octanol–water partition coefficient (Wildman–Crippen LogP) is 1.85. The number of carbonyl (C=O) groups excluding carboxylic acids is 1. The van der Waals surface area contributed by atoms with Crippen molar-refractivity contribution < 1.29 is 13.9 Å². The second-order valence-electron chi connectivity index (χ2n) is 3.03. The zero-order valence-electron chi connectivity index (χ0n) is 9.12. The maximum atomic E-state index is 12.8. The molecular formula is C10H12FN3O2S. The molecule has 0 atom stereocenters. The van der Waals surface area contributed by atoms with E-state index in [1.165, 1.54) is 12.1 Å². The van der Waals surface area contributed by atoms with E-state index in [9.17, 15) is 9.18 Å². The standard InChI is InChI=1S/C10H12FN3O2S/c1-2-16-10(15)14-9(17)13-8-4-3-6(11)5-7(8)12/h3-5H,2,12H2,1H3,(H2,13,14,15,17). The number of hydrogen-bond acceptors (Lipinski definition) is 4. The number of ether oxygens (including phenoxy) is 1. The van der Waals surface area contributed by atoms with Gasteiger partial charge in [0.15, 0.2) is 5.11 Å². The predicted molar refractivity (Wildman–Crippen MR) is 67.2 cm³/mol. The molecular weight excluding hydrogens is 245 g/mol. The summed E-state index contributed by atoms with van der Waals surface area (Å²) < 4.78 is 17.4. The maximum absolute atomic E-state index is 12.8. The SMILES string of the molecule is CCOC(=O)NC(=S)Nc1ccc(F)cc1N. The van der Waals surface area contributed by atoms with Gasteiger partial charge in [-0.1, -0.05) is 0 Å². The van der Waals surface area contributed by atoms with E-state index in [1.807, 2.05) is 0 Å². The topological polar surface area (TPSA) is 76.4 Å². The van der Waals surface area contributed by atoms with Crippen LogP contribution in [0.15, 0.2) is 18.2 Å². The molecule has 92 valence electrons. The first-order chi connectivity index (χ1) is 8.02. The Morgan fingerprint density at radius 3 is 2.88 bits per heavy atom.